The van der Waals surface area contributed by atoms with E-state index in [9.17, 15) is 14.0 Å². The molecule has 1 saturated heterocycles. The number of ether oxygens (including phenoxy) is 1. The maximum Gasteiger partial charge on any atom is 0.267 e. The van der Waals surface area contributed by atoms with Gasteiger partial charge in [-0.05, 0) is 36.8 Å². The van der Waals surface area contributed by atoms with Crippen molar-refractivity contribution in [1.29, 1.82) is 0 Å². The summed E-state index contributed by atoms with van der Waals surface area (Å²) in [6, 6.07) is 11.8. The molecule has 8 heteroatoms. The summed E-state index contributed by atoms with van der Waals surface area (Å²) in [4.78, 5) is 31.0. The molecule has 0 spiro atoms. The summed E-state index contributed by atoms with van der Waals surface area (Å²) in [7, 11) is 0. The van der Waals surface area contributed by atoms with Gasteiger partial charge in [0.1, 0.15) is 11.6 Å². The molecule has 2 heterocycles. The van der Waals surface area contributed by atoms with Gasteiger partial charge in [-0.25, -0.2) is 4.39 Å². The molecule has 2 amide bonds. The second-order valence-electron chi connectivity index (χ2n) is 7.86. The number of rotatable bonds is 5. The van der Waals surface area contributed by atoms with Gasteiger partial charge in [0.05, 0.1) is 5.69 Å². The summed E-state index contributed by atoms with van der Waals surface area (Å²) in [5, 5.41) is 0.420. The highest BCUT2D eigenvalue weighted by Gasteiger charge is 2.32. The lowest BCUT2D eigenvalue weighted by Crippen LogP contribution is -2.50. The number of para-hydroxylation sites is 2. The molecule has 2 aromatic carbocycles. The molecule has 1 unspecified atom stereocenters. The first-order valence-electron chi connectivity index (χ1n) is 10.4. The summed E-state index contributed by atoms with van der Waals surface area (Å²) >= 11 is 6.13. The van der Waals surface area contributed by atoms with Crippen molar-refractivity contribution in [2.24, 2.45) is 0 Å². The Morgan fingerprint density at radius 2 is 1.90 bits per heavy atom. The lowest BCUT2D eigenvalue weighted by atomic mass is 10.1. The van der Waals surface area contributed by atoms with Gasteiger partial charge in [0.15, 0.2) is 6.10 Å². The van der Waals surface area contributed by atoms with E-state index in [-0.39, 0.29) is 24.1 Å². The molecule has 1 atom stereocenters. The zero-order valence-electron chi connectivity index (χ0n) is 17.4. The van der Waals surface area contributed by atoms with Crippen molar-refractivity contribution in [3.63, 3.8) is 0 Å². The summed E-state index contributed by atoms with van der Waals surface area (Å²) in [5.74, 6) is 0.214. The monoisotopic (exact) mass is 445 g/mol. The Balaban J connectivity index is 1.30. The molecule has 164 valence electrons. The van der Waals surface area contributed by atoms with Crippen LogP contribution in [0, 0.1) is 5.82 Å². The molecule has 1 fully saturated rings. The molecule has 0 bridgehead atoms. The third-order valence-corrected chi connectivity index (χ3v) is 6.11. The fourth-order valence-corrected chi connectivity index (χ4v) is 4.23. The number of amides is 2. The van der Waals surface area contributed by atoms with Crippen LogP contribution in [-0.2, 0) is 16.1 Å². The highest BCUT2D eigenvalue weighted by atomic mass is 35.5. The summed E-state index contributed by atoms with van der Waals surface area (Å²) in [6.07, 6.45) is -0.303. The van der Waals surface area contributed by atoms with Crippen LogP contribution in [-0.4, -0.2) is 60.4 Å². The number of fused-ring (bicyclic) bond motifs is 1. The summed E-state index contributed by atoms with van der Waals surface area (Å²) in [6.45, 7) is 5.33. The number of carbonyl (C=O) groups is 2. The minimum atomic E-state index is -0.563. The Kier molecular flexibility index (Phi) is 6.43. The van der Waals surface area contributed by atoms with Gasteiger partial charge in [-0.15, -0.1) is 0 Å². The van der Waals surface area contributed by atoms with Crippen molar-refractivity contribution in [2.75, 3.05) is 37.6 Å². The quantitative estimate of drug-likeness (QED) is 0.708. The Morgan fingerprint density at radius 3 is 2.65 bits per heavy atom. The van der Waals surface area contributed by atoms with Crippen LogP contribution in [0.15, 0.2) is 42.5 Å². The number of hydrogen-bond acceptors (Lipinski definition) is 4. The molecular weight excluding hydrogens is 421 g/mol. The Hall–Kier alpha value is -2.64. The average molecular weight is 446 g/mol. The number of carbonyl (C=O) groups excluding carboxylic acids is 2. The molecule has 0 aromatic heterocycles. The normalized spacial score (nSPS) is 19.2. The van der Waals surface area contributed by atoms with Gasteiger partial charge in [0, 0.05) is 50.7 Å². The molecule has 0 radical (unpaired) electrons. The first-order chi connectivity index (χ1) is 14.9. The largest absolute Gasteiger partial charge is 0.479 e. The van der Waals surface area contributed by atoms with Crippen LogP contribution in [0.3, 0.4) is 0 Å². The van der Waals surface area contributed by atoms with E-state index in [2.05, 4.69) is 4.90 Å². The van der Waals surface area contributed by atoms with Gasteiger partial charge < -0.3 is 14.5 Å². The van der Waals surface area contributed by atoms with Crippen molar-refractivity contribution < 1.29 is 18.7 Å². The van der Waals surface area contributed by atoms with Gasteiger partial charge in [0.2, 0.25) is 5.91 Å². The van der Waals surface area contributed by atoms with Crippen molar-refractivity contribution in [3.8, 4) is 5.75 Å². The van der Waals surface area contributed by atoms with Crippen LogP contribution in [0.5, 0.6) is 5.75 Å². The fourth-order valence-electron chi connectivity index (χ4n) is 4.00. The maximum atomic E-state index is 13.2. The third-order valence-electron chi connectivity index (χ3n) is 5.76. The maximum absolute atomic E-state index is 13.2. The van der Waals surface area contributed by atoms with Crippen LogP contribution in [0.25, 0.3) is 0 Å². The van der Waals surface area contributed by atoms with Gasteiger partial charge in [-0.3, -0.25) is 14.5 Å². The predicted molar refractivity (Wildman–Crippen MR) is 117 cm³/mol. The Labute approximate surface area is 186 Å². The van der Waals surface area contributed by atoms with E-state index in [0.717, 1.165) is 18.7 Å². The van der Waals surface area contributed by atoms with Crippen LogP contribution < -0.4 is 9.64 Å². The number of hydrogen-bond donors (Lipinski definition) is 0. The highest BCUT2D eigenvalue weighted by molar-refractivity contribution is 6.31. The minimum Gasteiger partial charge on any atom is -0.479 e. The third kappa shape index (κ3) is 4.83. The number of benzene rings is 2. The number of nitrogens with zero attached hydrogens (tertiary/aromatic N) is 3. The molecule has 0 aliphatic carbocycles. The lowest BCUT2D eigenvalue weighted by Gasteiger charge is -2.36. The molecule has 0 saturated carbocycles. The molecular formula is C23H25ClFN3O3. The van der Waals surface area contributed by atoms with Gasteiger partial charge in [-0.2, -0.15) is 0 Å². The van der Waals surface area contributed by atoms with E-state index in [0.29, 0.717) is 42.6 Å². The molecule has 6 nitrogen and oxygen atoms in total. The predicted octanol–water partition coefficient (Wildman–Crippen LogP) is 3.33. The zero-order chi connectivity index (χ0) is 22.0. The first kappa shape index (κ1) is 21.6. The van der Waals surface area contributed by atoms with Crippen molar-refractivity contribution in [1.82, 2.24) is 9.80 Å². The van der Waals surface area contributed by atoms with Crippen LogP contribution in [0.1, 0.15) is 18.9 Å². The molecule has 4 rings (SSSR count). The molecule has 2 aromatic rings. The second-order valence-corrected chi connectivity index (χ2v) is 8.27. The van der Waals surface area contributed by atoms with E-state index < -0.39 is 6.10 Å². The van der Waals surface area contributed by atoms with E-state index >= 15 is 0 Å². The van der Waals surface area contributed by atoms with E-state index in [4.69, 9.17) is 16.3 Å². The number of halogens is 2. The van der Waals surface area contributed by atoms with E-state index in [1.54, 1.807) is 17.9 Å². The van der Waals surface area contributed by atoms with Crippen LogP contribution in [0.2, 0.25) is 5.02 Å². The zero-order valence-corrected chi connectivity index (χ0v) is 18.1. The minimum absolute atomic E-state index is 0.0314. The highest BCUT2D eigenvalue weighted by Crippen LogP contribution is 2.33. The molecule has 2 aliphatic rings. The summed E-state index contributed by atoms with van der Waals surface area (Å²) in [5.41, 5.74) is 1.58. The van der Waals surface area contributed by atoms with Gasteiger partial charge in [0.25, 0.3) is 5.91 Å². The Bertz CT molecular complexity index is 978. The van der Waals surface area contributed by atoms with Gasteiger partial charge in [-0.1, -0.05) is 29.8 Å². The second kappa shape index (κ2) is 9.24. The van der Waals surface area contributed by atoms with Crippen molar-refractivity contribution in [3.05, 3.63) is 58.9 Å². The van der Waals surface area contributed by atoms with E-state index in [1.165, 1.54) is 12.1 Å². The molecule has 2 aliphatic heterocycles. The first-order valence-corrected chi connectivity index (χ1v) is 10.8. The summed E-state index contributed by atoms with van der Waals surface area (Å²) < 4.78 is 18.9. The number of piperazine rings is 1. The SMILES string of the molecule is CC1Oc2ccccc2N(CCC(=O)N2CCN(Cc3ccc(F)cc3Cl)CC2)C1=O. The fraction of sp³-hybridized carbons (Fsp3) is 0.391. The molecule has 31 heavy (non-hydrogen) atoms. The standard InChI is InChI=1S/C23H25ClFN3O3/c1-16-23(30)28(20-4-2-3-5-21(20)31-16)9-8-22(29)27-12-10-26(11-13-27)15-17-6-7-18(25)14-19(17)24/h2-7,14,16H,8-13,15H2,1H3. The van der Waals surface area contributed by atoms with E-state index in [1.807, 2.05) is 29.2 Å². The average Bonchev–Trinajstić information content (AvgIpc) is 2.76. The lowest BCUT2D eigenvalue weighted by molar-refractivity contribution is -0.133. The van der Waals surface area contributed by atoms with Crippen molar-refractivity contribution in [2.45, 2.75) is 26.0 Å². The van der Waals surface area contributed by atoms with Crippen molar-refractivity contribution >= 4 is 29.1 Å². The van der Waals surface area contributed by atoms with Crippen LogP contribution >= 0.6 is 11.6 Å². The number of anilines is 1. The smallest absolute Gasteiger partial charge is 0.267 e. The van der Waals surface area contributed by atoms with Gasteiger partial charge >= 0.3 is 0 Å². The molecule has 0 N–H and O–H groups in total. The topological polar surface area (TPSA) is 53.1 Å². The van der Waals surface area contributed by atoms with Crippen LogP contribution in [0.4, 0.5) is 10.1 Å². The Morgan fingerprint density at radius 1 is 1.16 bits per heavy atom.